The highest BCUT2D eigenvalue weighted by Crippen LogP contribution is 2.26. The van der Waals surface area contributed by atoms with Crippen molar-refractivity contribution in [1.29, 1.82) is 0 Å². The van der Waals surface area contributed by atoms with E-state index in [0.29, 0.717) is 5.56 Å². The number of nitrogens with two attached hydrogens (primary N) is 2. The highest BCUT2D eigenvalue weighted by Gasteiger charge is 2.22. The van der Waals surface area contributed by atoms with Gasteiger partial charge in [-0.15, -0.1) is 0 Å². The molecule has 0 fully saturated rings. The normalized spacial score (nSPS) is 12.6. The predicted octanol–water partition coefficient (Wildman–Crippen LogP) is 1.89. The zero-order valence-electron chi connectivity index (χ0n) is 10.4. The van der Waals surface area contributed by atoms with E-state index >= 15 is 0 Å². The minimum absolute atomic E-state index is 0.429. The Hall–Kier alpha value is -1.19. The summed E-state index contributed by atoms with van der Waals surface area (Å²) in [5.74, 6) is 0. The third-order valence-electron chi connectivity index (χ3n) is 2.62. The lowest BCUT2D eigenvalue weighted by molar-refractivity contribution is 0.112. The minimum atomic E-state index is -0.544. The fraction of sp³-hybridized carbons (Fsp3) is 0.462. The molecule has 0 saturated carbocycles. The number of rotatable bonds is 3. The molecular weight excluding hydrogens is 200 g/mol. The summed E-state index contributed by atoms with van der Waals surface area (Å²) >= 11 is 0. The van der Waals surface area contributed by atoms with Crippen molar-refractivity contribution >= 4 is 6.29 Å². The molecule has 1 aromatic carbocycles. The van der Waals surface area contributed by atoms with Gasteiger partial charge in [-0.3, -0.25) is 4.79 Å². The highest BCUT2D eigenvalue weighted by atomic mass is 16.1. The van der Waals surface area contributed by atoms with E-state index < -0.39 is 11.1 Å². The second-order valence-corrected chi connectivity index (χ2v) is 5.36. The van der Waals surface area contributed by atoms with Gasteiger partial charge in [-0.25, -0.2) is 0 Å². The van der Waals surface area contributed by atoms with Crippen LogP contribution >= 0.6 is 0 Å². The van der Waals surface area contributed by atoms with Crippen LogP contribution in [0.3, 0.4) is 0 Å². The second kappa shape index (κ2) is 4.00. The van der Waals surface area contributed by atoms with Crippen LogP contribution in [0.15, 0.2) is 18.2 Å². The summed E-state index contributed by atoms with van der Waals surface area (Å²) in [6.45, 7) is 7.61. The number of carbonyl (C=O) groups is 1. The summed E-state index contributed by atoms with van der Waals surface area (Å²) < 4.78 is 0. The van der Waals surface area contributed by atoms with Gasteiger partial charge < -0.3 is 11.5 Å². The van der Waals surface area contributed by atoms with Crippen LogP contribution in [0.1, 0.15) is 49.2 Å². The molecule has 0 aliphatic carbocycles. The first-order valence-electron chi connectivity index (χ1n) is 5.34. The van der Waals surface area contributed by atoms with E-state index in [1.54, 1.807) is 6.07 Å². The molecule has 3 nitrogen and oxygen atoms in total. The molecule has 0 aliphatic rings. The zero-order chi connectivity index (χ0) is 12.6. The smallest absolute Gasteiger partial charge is 0.150 e. The molecule has 0 aliphatic heterocycles. The SMILES string of the molecule is CC(C)(N)c1ccc(C=O)c(C(C)(C)N)c1. The molecule has 3 heteroatoms. The molecule has 1 aromatic rings. The fourth-order valence-electron chi connectivity index (χ4n) is 1.62. The number of hydrogen-bond donors (Lipinski definition) is 2. The van der Waals surface area contributed by atoms with E-state index in [4.69, 9.17) is 11.5 Å². The molecule has 0 amide bonds. The largest absolute Gasteiger partial charge is 0.322 e. The number of hydrogen-bond acceptors (Lipinski definition) is 3. The van der Waals surface area contributed by atoms with Crippen LogP contribution in [0, 0.1) is 0 Å². The van der Waals surface area contributed by atoms with Crippen molar-refractivity contribution in [3.63, 3.8) is 0 Å². The molecule has 0 radical (unpaired) electrons. The van der Waals surface area contributed by atoms with Gasteiger partial charge in [0.15, 0.2) is 0 Å². The van der Waals surface area contributed by atoms with Crippen LogP contribution in [-0.2, 0) is 11.1 Å². The number of benzene rings is 1. The lowest BCUT2D eigenvalue weighted by Gasteiger charge is -2.26. The second-order valence-electron chi connectivity index (χ2n) is 5.36. The Morgan fingerprint density at radius 2 is 1.62 bits per heavy atom. The van der Waals surface area contributed by atoms with E-state index in [0.717, 1.165) is 17.4 Å². The van der Waals surface area contributed by atoms with Crippen LogP contribution in [-0.4, -0.2) is 6.29 Å². The Balaban J connectivity index is 3.39. The van der Waals surface area contributed by atoms with Crippen molar-refractivity contribution in [3.8, 4) is 0 Å². The maximum absolute atomic E-state index is 10.9. The Morgan fingerprint density at radius 1 is 1.06 bits per heavy atom. The molecule has 88 valence electrons. The van der Waals surface area contributed by atoms with E-state index in [2.05, 4.69) is 0 Å². The predicted molar refractivity (Wildman–Crippen MR) is 66.3 cm³/mol. The third kappa shape index (κ3) is 2.68. The maximum atomic E-state index is 10.9. The molecule has 0 aromatic heterocycles. The standard InChI is InChI=1S/C13H20N2O/c1-12(2,14)10-6-5-9(8-16)11(7-10)13(3,4)15/h5-8H,14-15H2,1-4H3. The van der Waals surface area contributed by atoms with E-state index in [-0.39, 0.29) is 0 Å². The maximum Gasteiger partial charge on any atom is 0.150 e. The third-order valence-corrected chi connectivity index (χ3v) is 2.62. The average Bonchev–Trinajstić information content (AvgIpc) is 2.14. The Bertz CT molecular complexity index is 397. The van der Waals surface area contributed by atoms with Crippen molar-refractivity contribution in [2.45, 2.75) is 38.8 Å². The molecule has 16 heavy (non-hydrogen) atoms. The molecule has 0 heterocycles. The lowest BCUT2D eigenvalue weighted by Crippen LogP contribution is -2.33. The monoisotopic (exact) mass is 220 g/mol. The van der Waals surface area contributed by atoms with E-state index in [1.165, 1.54) is 0 Å². The van der Waals surface area contributed by atoms with Crippen molar-refractivity contribution in [1.82, 2.24) is 0 Å². The summed E-state index contributed by atoms with van der Waals surface area (Å²) in [7, 11) is 0. The number of carbonyl (C=O) groups excluding carboxylic acids is 1. The molecule has 0 atom stereocenters. The van der Waals surface area contributed by atoms with Crippen LogP contribution in [0.4, 0.5) is 0 Å². The highest BCUT2D eigenvalue weighted by molar-refractivity contribution is 5.78. The van der Waals surface area contributed by atoms with Gasteiger partial charge in [0.1, 0.15) is 6.29 Å². The molecular formula is C13H20N2O. The fourth-order valence-corrected chi connectivity index (χ4v) is 1.62. The van der Waals surface area contributed by atoms with Gasteiger partial charge in [0, 0.05) is 16.6 Å². The molecule has 0 unspecified atom stereocenters. The first-order valence-corrected chi connectivity index (χ1v) is 5.34. The van der Waals surface area contributed by atoms with E-state index in [1.807, 2.05) is 39.8 Å². The molecule has 4 N–H and O–H groups in total. The molecule has 0 bridgehead atoms. The van der Waals surface area contributed by atoms with Gasteiger partial charge in [-0.2, -0.15) is 0 Å². The van der Waals surface area contributed by atoms with Crippen molar-refractivity contribution in [3.05, 3.63) is 34.9 Å². The quantitative estimate of drug-likeness (QED) is 0.764. The summed E-state index contributed by atoms with van der Waals surface area (Å²) in [6, 6.07) is 5.57. The Morgan fingerprint density at radius 3 is 2.00 bits per heavy atom. The minimum Gasteiger partial charge on any atom is -0.322 e. The van der Waals surface area contributed by atoms with Gasteiger partial charge in [-0.05, 0) is 38.8 Å². The molecule has 0 saturated heterocycles. The Kier molecular flexibility index (Phi) is 3.22. The van der Waals surface area contributed by atoms with Gasteiger partial charge in [0.25, 0.3) is 0 Å². The summed E-state index contributed by atoms with van der Waals surface area (Å²) in [6.07, 6.45) is 0.831. The topological polar surface area (TPSA) is 69.1 Å². The molecule has 1 rings (SSSR count). The Labute approximate surface area is 96.8 Å². The van der Waals surface area contributed by atoms with Crippen LogP contribution in [0.2, 0.25) is 0 Å². The lowest BCUT2D eigenvalue weighted by atomic mass is 9.85. The van der Waals surface area contributed by atoms with Crippen molar-refractivity contribution in [2.24, 2.45) is 11.5 Å². The van der Waals surface area contributed by atoms with Crippen LogP contribution < -0.4 is 11.5 Å². The van der Waals surface area contributed by atoms with Gasteiger partial charge in [0.2, 0.25) is 0 Å². The average molecular weight is 220 g/mol. The van der Waals surface area contributed by atoms with Crippen LogP contribution in [0.5, 0.6) is 0 Å². The van der Waals surface area contributed by atoms with Gasteiger partial charge in [0.05, 0.1) is 0 Å². The molecule has 0 spiro atoms. The van der Waals surface area contributed by atoms with Gasteiger partial charge in [-0.1, -0.05) is 18.2 Å². The first-order chi connectivity index (χ1) is 7.16. The van der Waals surface area contributed by atoms with Gasteiger partial charge >= 0.3 is 0 Å². The van der Waals surface area contributed by atoms with E-state index in [9.17, 15) is 4.79 Å². The summed E-state index contributed by atoms with van der Waals surface area (Å²) in [4.78, 5) is 10.9. The summed E-state index contributed by atoms with van der Waals surface area (Å²) in [5.41, 5.74) is 13.5. The first kappa shape index (κ1) is 12.9. The van der Waals surface area contributed by atoms with Crippen molar-refractivity contribution < 1.29 is 4.79 Å². The number of aldehydes is 1. The summed E-state index contributed by atoms with van der Waals surface area (Å²) in [5, 5.41) is 0. The zero-order valence-corrected chi connectivity index (χ0v) is 10.4. The van der Waals surface area contributed by atoms with Crippen molar-refractivity contribution in [2.75, 3.05) is 0 Å². The van der Waals surface area contributed by atoms with Crippen LogP contribution in [0.25, 0.3) is 0 Å².